The third-order valence-corrected chi connectivity index (χ3v) is 5.84. The summed E-state index contributed by atoms with van der Waals surface area (Å²) in [6.07, 6.45) is 0.156. The van der Waals surface area contributed by atoms with E-state index in [0.29, 0.717) is 41.2 Å². The van der Waals surface area contributed by atoms with Crippen molar-refractivity contribution in [3.05, 3.63) is 52.4 Å². The number of nitrogens with one attached hydrogen (secondary N) is 1. The fourth-order valence-electron chi connectivity index (χ4n) is 4.55. The van der Waals surface area contributed by atoms with E-state index < -0.39 is 23.8 Å². The van der Waals surface area contributed by atoms with Gasteiger partial charge in [0.05, 0.1) is 31.3 Å². The molecule has 0 saturated carbocycles. The molecule has 0 aromatic heterocycles. The Labute approximate surface area is 188 Å². The molecule has 0 bridgehead atoms. The summed E-state index contributed by atoms with van der Waals surface area (Å²) in [4.78, 5) is 39.4. The number of para-hydroxylation sites is 1. The van der Waals surface area contributed by atoms with E-state index >= 15 is 0 Å². The molecule has 2 aliphatic rings. The highest BCUT2D eigenvalue weighted by atomic mass is 16.5. The van der Waals surface area contributed by atoms with Crippen LogP contribution in [0.1, 0.15) is 52.5 Å². The van der Waals surface area contributed by atoms with Crippen LogP contribution in [0.2, 0.25) is 0 Å². The molecule has 0 radical (unpaired) electrons. The van der Waals surface area contributed by atoms with Gasteiger partial charge in [-0.3, -0.25) is 9.59 Å². The highest BCUT2D eigenvalue weighted by Crippen LogP contribution is 2.47. The first-order chi connectivity index (χ1) is 15.2. The lowest BCUT2D eigenvalue weighted by atomic mass is 9.69. The van der Waals surface area contributed by atoms with Crippen LogP contribution in [-0.2, 0) is 23.9 Å². The zero-order valence-electron chi connectivity index (χ0n) is 19.5. The van der Waals surface area contributed by atoms with Crippen LogP contribution in [0.25, 0.3) is 0 Å². The number of esters is 2. The van der Waals surface area contributed by atoms with Crippen molar-refractivity contribution in [1.82, 2.24) is 5.32 Å². The van der Waals surface area contributed by atoms with Gasteiger partial charge in [-0.1, -0.05) is 25.1 Å². The summed E-state index contributed by atoms with van der Waals surface area (Å²) in [5.74, 6) is -2.71. The minimum atomic E-state index is -0.928. The van der Waals surface area contributed by atoms with Crippen LogP contribution in [0.3, 0.4) is 0 Å². The van der Waals surface area contributed by atoms with Crippen molar-refractivity contribution in [3.8, 4) is 5.75 Å². The fourth-order valence-corrected chi connectivity index (χ4v) is 4.55. The standard InChI is InChI=1S/C25H31NO6/c1-7-31-18-11-9-8-10-16(18)21-20(25(29)32-13(2)3)15(5)26-17-12-14(4)19(24(28)30-6)23(27)22(17)21/h8-11,13-14,19,21,26H,7,12H2,1-6H3/t14-,19+,21+/m1/s1. The van der Waals surface area contributed by atoms with Crippen molar-refractivity contribution >= 4 is 17.7 Å². The number of carbonyl (C=O) groups is 3. The molecule has 172 valence electrons. The third kappa shape index (κ3) is 4.29. The number of hydrogen-bond donors (Lipinski definition) is 1. The topological polar surface area (TPSA) is 90.9 Å². The Bertz CT molecular complexity index is 990. The Balaban J connectivity index is 2.23. The fraction of sp³-hybridized carbons (Fsp3) is 0.480. The number of methoxy groups -OCH3 is 1. The van der Waals surface area contributed by atoms with Gasteiger partial charge in [0.2, 0.25) is 0 Å². The first kappa shape index (κ1) is 23.6. The highest BCUT2D eigenvalue weighted by molar-refractivity contribution is 6.12. The monoisotopic (exact) mass is 441 g/mol. The molecule has 3 rings (SSSR count). The zero-order valence-corrected chi connectivity index (χ0v) is 19.5. The lowest BCUT2D eigenvalue weighted by molar-refractivity contribution is -0.151. The summed E-state index contributed by atoms with van der Waals surface area (Å²) < 4.78 is 16.3. The minimum Gasteiger partial charge on any atom is -0.494 e. The Morgan fingerprint density at radius 2 is 1.91 bits per heavy atom. The number of rotatable bonds is 6. The number of dihydropyridines is 1. The quantitative estimate of drug-likeness (QED) is 0.532. The van der Waals surface area contributed by atoms with E-state index in [0.717, 1.165) is 5.70 Å². The second-order valence-corrected chi connectivity index (χ2v) is 8.46. The average molecular weight is 442 g/mol. The summed E-state index contributed by atoms with van der Waals surface area (Å²) in [7, 11) is 1.28. The van der Waals surface area contributed by atoms with Gasteiger partial charge in [0.25, 0.3) is 0 Å². The molecule has 7 nitrogen and oxygen atoms in total. The van der Waals surface area contributed by atoms with Crippen molar-refractivity contribution in [3.63, 3.8) is 0 Å². The molecule has 3 atom stereocenters. The largest absolute Gasteiger partial charge is 0.494 e. The summed E-state index contributed by atoms with van der Waals surface area (Å²) in [6.45, 7) is 9.52. The molecule has 0 unspecified atom stereocenters. The first-order valence-electron chi connectivity index (χ1n) is 11.0. The van der Waals surface area contributed by atoms with Crippen molar-refractivity contribution in [2.75, 3.05) is 13.7 Å². The molecule has 1 heterocycles. The predicted molar refractivity (Wildman–Crippen MR) is 119 cm³/mol. The maximum Gasteiger partial charge on any atom is 0.337 e. The summed E-state index contributed by atoms with van der Waals surface area (Å²) in [5, 5.41) is 3.26. The van der Waals surface area contributed by atoms with Gasteiger partial charge in [0.15, 0.2) is 5.78 Å². The number of hydrogen-bond acceptors (Lipinski definition) is 7. The Hall–Kier alpha value is -3.09. The Morgan fingerprint density at radius 3 is 2.53 bits per heavy atom. The van der Waals surface area contributed by atoms with Crippen molar-refractivity contribution in [1.29, 1.82) is 0 Å². The molecule has 1 N–H and O–H groups in total. The lowest BCUT2D eigenvalue weighted by Crippen LogP contribution is -2.43. The molecule has 32 heavy (non-hydrogen) atoms. The molecule has 0 amide bonds. The van der Waals surface area contributed by atoms with Crippen LogP contribution >= 0.6 is 0 Å². The number of allylic oxidation sites excluding steroid dienone is 3. The second-order valence-electron chi connectivity index (χ2n) is 8.46. The number of Topliss-reactive ketones (excluding diaryl/α,β-unsaturated/α-hetero) is 1. The van der Waals surface area contributed by atoms with Gasteiger partial charge in [-0.15, -0.1) is 0 Å². The van der Waals surface area contributed by atoms with E-state index in [2.05, 4.69) is 5.32 Å². The van der Waals surface area contributed by atoms with Crippen LogP contribution in [0.5, 0.6) is 5.75 Å². The van der Waals surface area contributed by atoms with Gasteiger partial charge in [0, 0.05) is 22.5 Å². The SMILES string of the molecule is CCOc1ccccc1[C@H]1C(C(=O)OC(C)C)=C(C)NC2=C1C(=O)[C@@H](C(=O)OC)[C@H](C)C2. The smallest absolute Gasteiger partial charge is 0.337 e. The number of benzene rings is 1. The van der Waals surface area contributed by atoms with E-state index in [4.69, 9.17) is 14.2 Å². The number of ketones is 1. The van der Waals surface area contributed by atoms with E-state index in [1.54, 1.807) is 20.8 Å². The molecule has 0 fully saturated rings. The van der Waals surface area contributed by atoms with Crippen molar-refractivity contribution in [2.45, 2.75) is 53.1 Å². The molecular weight excluding hydrogens is 410 g/mol. The van der Waals surface area contributed by atoms with E-state index in [1.165, 1.54) is 7.11 Å². The van der Waals surface area contributed by atoms with E-state index in [-0.39, 0.29) is 17.8 Å². The van der Waals surface area contributed by atoms with Crippen LogP contribution in [0.15, 0.2) is 46.8 Å². The zero-order chi connectivity index (χ0) is 23.6. The summed E-state index contributed by atoms with van der Waals surface area (Å²) in [5.41, 5.74) is 2.77. The number of carbonyl (C=O) groups excluding carboxylic acids is 3. The summed E-state index contributed by atoms with van der Waals surface area (Å²) >= 11 is 0. The third-order valence-electron chi connectivity index (χ3n) is 5.84. The Morgan fingerprint density at radius 1 is 1.22 bits per heavy atom. The van der Waals surface area contributed by atoms with Gasteiger partial charge in [0.1, 0.15) is 11.7 Å². The van der Waals surface area contributed by atoms with Crippen LogP contribution < -0.4 is 10.1 Å². The maximum atomic E-state index is 13.7. The highest BCUT2D eigenvalue weighted by Gasteiger charge is 2.47. The van der Waals surface area contributed by atoms with Crippen LogP contribution in [0, 0.1) is 11.8 Å². The normalized spacial score (nSPS) is 23.0. The molecule has 1 aromatic rings. The molecule has 1 aromatic carbocycles. The lowest BCUT2D eigenvalue weighted by Gasteiger charge is -2.38. The Kier molecular flexibility index (Phi) is 7.06. The van der Waals surface area contributed by atoms with E-state index in [9.17, 15) is 14.4 Å². The molecule has 1 aliphatic carbocycles. The minimum absolute atomic E-state index is 0.235. The maximum absolute atomic E-state index is 13.7. The molecule has 7 heteroatoms. The van der Waals surface area contributed by atoms with Gasteiger partial charge >= 0.3 is 11.9 Å². The second kappa shape index (κ2) is 9.59. The van der Waals surface area contributed by atoms with E-state index in [1.807, 2.05) is 38.1 Å². The van der Waals surface area contributed by atoms with Crippen molar-refractivity contribution < 1.29 is 28.6 Å². The molecule has 0 spiro atoms. The summed E-state index contributed by atoms with van der Waals surface area (Å²) in [6, 6.07) is 7.35. The van der Waals surface area contributed by atoms with Gasteiger partial charge < -0.3 is 19.5 Å². The molecule has 1 aliphatic heterocycles. The van der Waals surface area contributed by atoms with Crippen LogP contribution in [-0.4, -0.2) is 37.5 Å². The van der Waals surface area contributed by atoms with Gasteiger partial charge in [-0.2, -0.15) is 0 Å². The molecule has 0 saturated heterocycles. The van der Waals surface area contributed by atoms with Gasteiger partial charge in [-0.25, -0.2) is 4.79 Å². The number of ether oxygens (including phenoxy) is 3. The molecular formula is C25H31NO6. The first-order valence-corrected chi connectivity index (χ1v) is 11.0. The predicted octanol–water partition coefficient (Wildman–Crippen LogP) is 3.65. The van der Waals surface area contributed by atoms with Crippen LogP contribution in [0.4, 0.5) is 0 Å². The van der Waals surface area contributed by atoms with Crippen molar-refractivity contribution in [2.24, 2.45) is 11.8 Å². The van der Waals surface area contributed by atoms with Gasteiger partial charge in [-0.05, 0) is 46.1 Å². The average Bonchev–Trinajstić information content (AvgIpc) is 2.72.